The molecule has 40 valence electrons. The summed E-state index contributed by atoms with van der Waals surface area (Å²) in [6.45, 7) is 0.965. The standard InChI is InChI=1S/C5H9NO/c1-2-4-6-7-5-3-1/h3,5-6H,1-2,4H2. The van der Waals surface area contributed by atoms with Gasteiger partial charge >= 0.3 is 0 Å². The van der Waals surface area contributed by atoms with Gasteiger partial charge in [-0.1, -0.05) is 0 Å². The molecule has 1 N–H and O–H groups in total. The van der Waals surface area contributed by atoms with Crippen LogP contribution >= 0.6 is 0 Å². The van der Waals surface area contributed by atoms with Gasteiger partial charge in [0.1, 0.15) is 6.26 Å². The first-order valence-electron chi connectivity index (χ1n) is 2.53. The molecule has 1 aliphatic rings. The van der Waals surface area contributed by atoms with Gasteiger partial charge in [0.05, 0.1) is 0 Å². The Hall–Kier alpha value is -0.500. The first kappa shape index (κ1) is 4.65. The maximum atomic E-state index is 4.76. The number of hydrogen-bond acceptors (Lipinski definition) is 2. The van der Waals surface area contributed by atoms with Crippen molar-refractivity contribution in [3.05, 3.63) is 12.3 Å². The van der Waals surface area contributed by atoms with Crippen LogP contribution in [0.25, 0.3) is 0 Å². The van der Waals surface area contributed by atoms with Crippen molar-refractivity contribution in [3.63, 3.8) is 0 Å². The molecule has 0 radical (unpaired) electrons. The summed E-state index contributed by atoms with van der Waals surface area (Å²) in [4.78, 5) is 4.76. The summed E-state index contributed by atoms with van der Waals surface area (Å²) < 4.78 is 0. The van der Waals surface area contributed by atoms with Crippen LogP contribution in [-0.2, 0) is 4.84 Å². The van der Waals surface area contributed by atoms with E-state index in [-0.39, 0.29) is 0 Å². The Bertz CT molecular complexity index is 62.5. The Balaban J connectivity index is 2.20. The van der Waals surface area contributed by atoms with Crippen LogP contribution < -0.4 is 5.48 Å². The number of hydrogen-bond donors (Lipinski definition) is 1. The number of allylic oxidation sites excluding steroid dienone is 1. The smallest absolute Gasteiger partial charge is 0.107 e. The molecule has 1 aliphatic heterocycles. The van der Waals surface area contributed by atoms with Crippen molar-refractivity contribution < 1.29 is 4.84 Å². The fourth-order valence-electron chi connectivity index (χ4n) is 0.515. The Labute approximate surface area is 43.1 Å². The lowest BCUT2D eigenvalue weighted by Crippen LogP contribution is -2.09. The molecule has 0 aromatic carbocycles. The third kappa shape index (κ3) is 1.59. The molecule has 0 unspecified atom stereocenters. The normalized spacial score (nSPS) is 20.6. The predicted octanol–water partition coefficient (Wildman–Crippen LogP) is 0.815. The lowest BCUT2D eigenvalue weighted by Gasteiger charge is -1.93. The van der Waals surface area contributed by atoms with E-state index < -0.39 is 0 Å². The number of rotatable bonds is 0. The van der Waals surface area contributed by atoms with E-state index in [1.807, 2.05) is 6.08 Å². The second-order valence-corrected chi connectivity index (χ2v) is 1.53. The molecule has 0 saturated carbocycles. The molecule has 0 saturated heterocycles. The van der Waals surface area contributed by atoms with E-state index >= 15 is 0 Å². The molecule has 7 heavy (non-hydrogen) atoms. The molecule has 0 aliphatic carbocycles. The van der Waals surface area contributed by atoms with E-state index in [2.05, 4.69) is 5.48 Å². The first-order chi connectivity index (χ1) is 3.50. The number of hydroxylamine groups is 1. The van der Waals surface area contributed by atoms with E-state index in [4.69, 9.17) is 4.84 Å². The van der Waals surface area contributed by atoms with Crippen molar-refractivity contribution in [3.8, 4) is 0 Å². The zero-order chi connectivity index (χ0) is 4.95. The average molecular weight is 99.1 g/mol. The molecular weight excluding hydrogens is 90.1 g/mol. The van der Waals surface area contributed by atoms with Gasteiger partial charge < -0.3 is 4.84 Å². The molecule has 0 amide bonds. The van der Waals surface area contributed by atoms with Gasteiger partial charge in [-0.25, -0.2) is 0 Å². The molecule has 0 aromatic heterocycles. The maximum Gasteiger partial charge on any atom is 0.107 e. The van der Waals surface area contributed by atoms with E-state index in [1.165, 1.54) is 6.42 Å². The van der Waals surface area contributed by atoms with Crippen molar-refractivity contribution in [2.75, 3.05) is 6.54 Å². The minimum absolute atomic E-state index is 0.965. The third-order valence-electron chi connectivity index (χ3n) is 0.897. The zero-order valence-electron chi connectivity index (χ0n) is 4.18. The van der Waals surface area contributed by atoms with Crippen molar-refractivity contribution in [1.82, 2.24) is 5.48 Å². The number of nitrogens with one attached hydrogen (secondary N) is 1. The molecule has 0 fully saturated rings. The summed E-state index contributed by atoms with van der Waals surface area (Å²) >= 11 is 0. The molecule has 2 heteroatoms. The minimum Gasteiger partial charge on any atom is -0.417 e. The summed E-state index contributed by atoms with van der Waals surface area (Å²) in [5.74, 6) is 0. The van der Waals surface area contributed by atoms with Crippen LogP contribution in [0.2, 0.25) is 0 Å². The van der Waals surface area contributed by atoms with E-state index in [1.54, 1.807) is 6.26 Å². The van der Waals surface area contributed by atoms with Gasteiger partial charge in [-0.3, -0.25) is 0 Å². The second-order valence-electron chi connectivity index (χ2n) is 1.53. The molecule has 0 atom stereocenters. The van der Waals surface area contributed by atoms with Crippen LogP contribution in [0.5, 0.6) is 0 Å². The lowest BCUT2D eigenvalue weighted by molar-refractivity contribution is 0.140. The molecule has 2 nitrogen and oxygen atoms in total. The third-order valence-corrected chi connectivity index (χ3v) is 0.897. The molecule has 0 bridgehead atoms. The van der Waals surface area contributed by atoms with Crippen LogP contribution in [-0.4, -0.2) is 6.54 Å². The van der Waals surface area contributed by atoms with Crippen molar-refractivity contribution in [1.29, 1.82) is 0 Å². The summed E-state index contributed by atoms with van der Waals surface area (Å²) in [6.07, 6.45) is 6.01. The van der Waals surface area contributed by atoms with Gasteiger partial charge in [-0.05, 0) is 18.9 Å². The van der Waals surface area contributed by atoms with Gasteiger partial charge in [0.15, 0.2) is 0 Å². The monoisotopic (exact) mass is 99.1 g/mol. The summed E-state index contributed by atoms with van der Waals surface area (Å²) in [6, 6.07) is 0. The maximum absolute atomic E-state index is 4.76. The van der Waals surface area contributed by atoms with Crippen molar-refractivity contribution in [2.24, 2.45) is 0 Å². The van der Waals surface area contributed by atoms with E-state index in [9.17, 15) is 0 Å². The summed E-state index contributed by atoms with van der Waals surface area (Å²) in [5.41, 5.74) is 2.76. The van der Waals surface area contributed by atoms with Gasteiger partial charge in [0.25, 0.3) is 0 Å². The van der Waals surface area contributed by atoms with Gasteiger partial charge in [0, 0.05) is 6.54 Å². The highest BCUT2D eigenvalue weighted by molar-refractivity contribution is 4.74. The van der Waals surface area contributed by atoms with Crippen LogP contribution in [0.15, 0.2) is 12.3 Å². The summed E-state index contributed by atoms with van der Waals surface area (Å²) in [5, 5.41) is 0. The molecular formula is C5H9NO. The largest absolute Gasteiger partial charge is 0.417 e. The van der Waals surface area contributed by atoms with Crippen molar-refractivity contribution in [2.45, 2.75) is 12.8 Å². The summed E-state index contributed by atoms with van der Waals surface area (Å²) in [7, 11) is 0. The van der Waals surface area contributed by atoms with Gasteiger partial charge in [0.2, 0.25) is 0 Å². The van der Waals surface area contributed by atoms with Crippen LogP contribution in [0.3, 0.4) is 0 Å². The highest BCUT2D eigenvalue weighted by atomic mass is 16.6. The highest BCUT2D eigenvalue weighted by Crippen LogP contribution is 1.92. The van der Waals surface area contributed by atoms with Crippen molar-refractivity contribution >= 4 is 0 Å². The highest BCUT2D eigenvalue weighted by Gasteiger charge is 1.87. The van der Waals surface area contributed by atoms with Crippen LogP contribution in [0, 0.1) is 0 Å². The van der Waals surface area contributed by atoms with Gasteiger partial charge in [-0.15, -0.1) is 0 Å². The van der Waals surface area contributed by atoms with Crippen LogP contribution in [0.4, 0.5) is 0 Å². The molecule has 0 aromatic rings. The quantitative estimate of drug-likeness (QED) is 0.485. The fraction of sp³-hybridized carbons (Fsp3) is 0.600. The lowest BCUT2D eigenvalue weighted by atomic mass is 10.3. The fourth-order valence-corrected chi connectivity index (χ4v) is 0.515. The average Bonchev–Trinajstić information content (AvgIpc) is 1.90. The van der Waals surface area contributed by atoms with E-state index in [0.717, 1.165) is 13.0 Å². The Morgan fingerprint density at radius 3 is 3.57 bits per heavy atom. The zero-order valence-corrected chi connectivity index (χ0v) is 4.18. The Morgan fingerprint density at radius 1 is 1.57 bits per heavy atom. The SMILES string of the molecule is C1=CONCCC1. The van der Waals surface area contributed by atoms with Crippen LogP contribution in [0.1, 0.15) is 12.8 Å². The van der Waals surface area contributed by atoms with E-state index in [0.29, 0.717) is 0 Å². The predicted molar refractivity (Wildman–Crippen MR) is 27.5 cm³/mol. The minimum atomic E-state index is 0.965. The Kier molecular flexibility index (Phi) is 1.75. The van der Waals surface area contributed by atoms with Gasteiger partial charge in [-0.2, -0.15) is 5.48 Å². The Morgan fingerprint density at radius 2 is 2.57 bits per heavy atom. The molecule has 1 rings (SSSR count). The molecule has 0 spiro atoms. The topological polar surface area (TPSA) is 21.3 Å². The second kappa shape index (κ2) is 2.64. The molecule has 1 heterocycles. The first-order valence-corrected chi connectivity index (χ1v) is 2.53.